The highest BCUT2D eigenvalue weighted by molar-refractivity contribution is 7.89. The molecule has 164 valence electrons. The first-order valence-electron chi connectivity index (χ1n) is 10.7. The zero-order chi connectivity index (χ0) is 21.5. The molecule has 1 amide bonds. The van der Waals surface area contributed by atoms with Gasteiger partial charge in [0.2, 0.25) is 15.9 Å². The van der Waals surface area contributed by atoms with E-state index < -0.39 is 15.8 Å². The monoisotopic (exact) mass is 435 g/mol. The van der Waals surface area contributed by atoms with Crippen LogP contribution in [0.4, 0.5) is 0 Å². The van der Waals surface area contributed by atoms with Crippen molar-refractivity contribution >= 4 is 27.0 Å². The van der Waals surface area contributed by atoms with Gasteiger partial charge >= 0.3 is 5.76 Å². The molecule has 1 aromatic carbocycles. The lowest BCUT2D eigenvalue weighted by molar-refractivity contribution is -0.131. The maximum atomic E-state index is 13.1. The van der Waals surface area contributed by atoms with Crippen LogP contribution in [0.2, 0.25) is 0 Å². The second-order valence-corrected chi connectivity index (χ2v) is 10.5. The molecule has 0 bridgehead atoms. The van der Waals surface area contributed by atoms with E-state index in [4.69, 9.17) is 4.42 Å². The van der Waals surface area contributed by atoms with Gasteiger partial charge in [-0.05, 0) is 57.6 Å². The third-order valence-electron chi connectivity index (χ3n) is 6.23. The highest BCUT2D eigenvalue weighted by atomic mass is 32.2. The quantitative estimate of drug-likeness (QED) is 0.720. The number of amides is 1. The molecule has 0 atom stereocenters. The number of nitrogens with zero attached hydrogens (tertiary/aromatic N) is 3. The van der Waals surface area contributed by atoms with E-state index in [1.165, 1.54) is 21.0 Å². The molecule has 2 aromatic rings. The maximum absolute atomic E-state index is 13.1. The van der Waals surface area contributed by atoms with Gasteiger partial charge in [-0.25, -0.2) is 13.2 Å². The average molecular weight is 436 g/mol. The van der Waals surface area contributed by atoms with Gasteiger partial charge in [-0.1, -0.05) is 0 Å². The number of aromatic nitrogens is 1. The van der Waals surface area contributed by atoms with Gasteiger partial charge in [0.15, 0.2) is 5.58 Å². The van der Waals surface area contributed by atoms with Crippen molar-refractivity contribution in [2.24, 2.45) is 5.92 Å². The lowest BCUT2D eigenvalue weighted by atomic mass is 9.94. The first kappa shape index (κ1) is 21.1. The van der Waals surface area contributed by atoms with Crippen LogP contribution in [-0.4, -0.2) is 54.3 Å². The Hall–Kier alpha value is -2.13. The normalized spacial score (nSPS) is 19.2. The van der Waals surface area contributed by atoms with Crippen molar-refractivity contribution < 1.29 is 17.6 Å². The lowest BCUT2D eigenvalue weighted by Crippen LogP contribution is -2.40. The average Bonchev–Trinajstić information content (AvgIpc) is 3.35. The van der Waals surface area contributed by atoms with Gasteiger partial charge < -0.3 is 9.32 Å². The fourth-order valence-electron chi connectivity index (χ4n) is 4.51. The summed E-state index contributed by atoms with van der Waals surface area (Å²) in [5, 5.41) is 0. The Morgan fingerprint density at radius 1 is 1.13 bits per heavy atom. The molecule has 2 aliphatic heterocycles. The molecule has 0 spiro atoms. The highest BCUT2D eigenvalue weighted by Gasteiger charge is 2.32. The number of carbonyl (C=O) groups is 1. The molecule has 2 aliphatic rings. The Labute approximate surface area is 176 Å². The number of likely N-dealkylation sites (tertiary alicyclic amines) is 1. The zero-order valence-electron chi connectivity index (χ0n) is 17.5. The van der Waals surface area contributed by atoms with Crippen LogP contribution in [-0.2, 0) is 14.8 Å². The van der Waals surface area contributed by atoms with E-state index >= 15 is 0 Å². The molecule has 8 nitrogen and oxygen atoms in total. The summed E-state index contributed by atoms with van der Waals surface area (Å²) in [5.41, 5.74) is 0.869. The Morgan fingerprint density at radius 3 is 2.43 bits per heavy atom. The van der Waals surface area contributed by atoms with E-state index in [0.717, 1.165) is 25.9 Å². The van der Waals surface area contributed by atoms with Gasteiger partial charge in [0, 0.05) is 44.7 Å². The summed E-state index contributed by atoms with van der Waals surface area (Å²) in [5.74, 6) is -0.0629. The van der Waals surface area contributed by atoms with Crippen molar-refractivity contribution in [3.8, 4) is 0 Å². The van der Waals surface area contributed by atoms with Crippen molar-refractivity contribution in [3.05, 3.63) is 28.7 Å². The second kappa shape index (κ2) is 8.19. The topological polar surface area (TPSA) is 92.8 Å². The molecular formula is C21H29N3O5S. The summed E-state index contributed by atoms with van der Waals surface area (Å²) in [6, 6.07) is 4.53. The van der Waals surface area contributed by atoms with Gasteiger partial charge in [-0.15, -0.1) is 0 Å². The number of oxazole rings is 1. The molecule has 0 aliphatic carbocycles. The van der Waals surface area contributed by atoms with E-state index in [1.54, 1.807) is 6.07 Å². The maximum Gasteiger partial charge on any atom is 0.420 e. The molecule has 1 aromatic heterocycles. The number of hydrogen-bond acceptors (Lipinski definition) is 5. The third-order valence-corrected chi connectivity index (χ3v) is 8.13. The molecule has 2 saturated heterocycles. The minimum atomic E-state index is -3.68. The largest absolute Gasteiger partial charge is 0.420 e. The molecule has 3 heterocycles. The number of hydrogen-bond donors (Lipinski definition) is 0. The van der Waals surface area contributed by atoms with Crippen LogP contribution in [0.3, 0.4) is 0 Å². The first-order valence-corrected chi connectivity index (χ1v) is 12.1. The molecule has 2 fully saturated rings. The number of benzene rings is 1. The summed E-state index contributed by atoms with van der Waals surface area (Å²) in [6.45, 7) is 6.25. The van der Waals surface area contributed by atoms with Crippen molar-refractivity contribution in [1.29, 1.82) is 0 Å². The van der Waals surface area contributed by atoms with Gasteiger partial charge in [0.25, 0.3) is 0 Å². The van der Waals surface area contributed by atoms with Gasteiger partial charge in [-0.3, -0.25) is 9.36 Å². The molecular weight excluding hydrogens is 406 g/mol. The SMILES string of the molecule is CC(C)n1c(=O)oc2cc(S(=O)(=O)N3CCC(CC(=O)N4CCCC4)CC3)ccc21. The molecule has 0 unspecified atom stereocenters. The van der Waals surface area contributed by atoms with E-state index in [2.05, 4.69) is 0 Å². The minimum Gasteiger partial charge on any atom is -0.408 e. The number of carbonyl (C=O) groups excluding carboxylic acids is 1. The van der Waals surface area contributed by atoms with E-state index in [-0.39, 0.29) is 28.3 Å². The summed E-state index contributed by atoms with van der Waals surface area (Å²) >= 11 is 0. The zero-order valence-corrected chi connectivity index (χ0v) is 18.4. The van der Waals surface area contributed by atoms with Crippen molar-refractivity contribution in [3.63, 3.8) is 0 Å². The Bertz CT molecular complexity index is 1090. The fraction of sp³-hybridized carbons (Fsp3) is 0.619. The van der Waals surface area contributed by atoms with Gasteiger partial charge in [0.05, 0.1) is 10.4 Å². The van der Waals surface area contributed by atoms with Crippen LogP contribution < -0.4 is 5.76 Å². The molecule has 9 heteroatoms. The Kier molecular flexibility index (Phi) is 5.76. The van der Waals surface area contributed by atoms with Crippen LogP contribution in [0.5, 0.6) is 0 Å². The summed E-state index contributed by atoms with van der Waals surface area (Å²) in [4.78, 5) is 26.5. The summed E-state index contributed by atoms with van der Waals surface area (Å²) in [6.07, 6.45) is 4.02. The van der Waals surface area contributed by atoms with Gasteiger partial charge in [0.1, 0.15) is 0 Å². The third kappa shape index (κ3) is 3.92. The van der Waals surface area contributed by atoms with Crippen LogP contribution in [0, 0.1) is 5.92 Å². The second-order valence-electron chi connectivity index (χ2n) is 8.60. The van der Waals surface area contributed by atoms with Crippen molar-refractivity contribution in [1.82, 2.24) is 13.8 Å². The standard InChI is InChI=1S/C21H29N3O5S/c1-15(2)24-18-6-5-17(14-19(18)29-21(24)26)30(27,28)23-11-7-16(8-12-23)13-20(25)22-9-3-4-10-22/h5-6,14-16H,3-4,7-13H2,1-2H3. The predicted molar refractivity (Wildman–Crippen MR) is 113 cm³/mol. The summed E-state index contributed by atoms with van der Waals surface area (Å²) in [7, 11) is -3.68. The number of rotatable bonds is 5. The van der Waals surface area contributed by atoms with E-state index in [1.807, 2.05) is 18.7 Å². The van der Waals surface area contributed by atoms with Gasteiger partial charge in [-0.2, -0.15) is 4.31 Å². The molecule has 30 heavy (non-hydrogen) atoms. The van der Waals surface area contributed by atoms with Crippen LogP contribution in [0.15, 0.2) is 32.3 Å². The molecule has 0 N–H and O–H groups in total. The smallest absolute Gasteiger partial charge is 0.408 e. The highest BCUT2D eigenvalue weighted by Crippen LogP contribution is 2.28. The Balaban J connectivity index is 1.45. The molecule has 0 saturated carbocycles. The molecule has 0 radical (unpaired) electrons. The number of sulfonamides is 1. The molecule has 4 rings (SSSR count). The predicted octanol–water partition coefficient (Wildman–Crippen LogP) is 2.59. The Morgan fingerprint density at radius 2 is 1.80 bits per heavy atom. The lowest BCUT2D eigenvalue weighted by Gasteiger charge is -2.31. The minimum absolute atomic E-state index is 0.0801. The van der Waals surface area contributed by atoms with Crippen molar-refractivity contribution in [2.45, 2.75) is 56.9 Å². The summed E-state index contributed by atoms with van der Waals surface area (Å²) < 4.78 is 34.5. The van der Waals surface area contributed by atoms with Crippen molar-refractivity contribution in [2.75, 3.05) is 26.2 Å². The fourth-order valence-corrected chi connectivity index (χ4v) is 6.00. The van der Waals surface area contributed by atoms with E-state index in [0.29, 0.717) is 37.9 Å². The van der Waals surface area contributed by atoms with Crippen LogP contribution in [0.25, 0.3) is 11.1 Å². The number of fused-ring (bicyclic) bond motifs is 1. The van der Waals surface area contributed by atoms with Crippen LogP contribution >= 0.6 is 0 Å². The van der Waals surface area contributed by atoms with Crippen LogP contribution in [0.1, 0.15) is 52.0 Å². The number of piperidine rings is 1. The first-order chi connectivity index (χ1) is 14.3. The van der Waals surface area contributed by atoms with E-state index in [9.17, 15) is 18.0 Å².